The number of nitrogens with zero attached hydrogens (tertiary/aromatic N) is 3. The number of anilines is 1. The predicted octanol–water partition coefficient (Wildman–Crippen LogP) is 3.47. The van der Waals surface area contributed by atoms with Crippen LogP contribution in [0, 0.1) is 13.8 Å². The summed E-state index contributed by atoms with van der Waals surface area (Å²) in [5.74, 6) is 0. The van der Waals surface area contributed by atoms with Crippen LogP contribution >= 0.6 is 0 Å². The summed E-state index contributed by atoms with van der Waals surface area (Å²) in [5.41, 5.74) is 5.45. The Morgan fingerprint density at radius 2 is 1.54 bits per heavy atom. The molecule has 0 N–H and O–H groups in total. The van der Waals surface area contributed by atoms with Crippen LogP contribution < -0.4 is 4.90 Å². The van der Waals surface area contributed by atoms with Gasteiger partial charge in [0.1, 0.15) is 0 Å². The zero-order chi connectivity index (χ0) is 17.1. The van der Waals surface area contributed by atoms with Crippen LogP contribution in [0.25, 0.3) is 0 Å². The summed E-state index contributed by atoms with van der Waals surface area (Å²) < 4.78 is 0. The zero-order valence-electron chi connectivity index (χ0n) is 15.7. The standard InChI is InChI=1S/C21H33N3/c1-17(2)16-22-9-11-24(12-10-22)20-5-7-23(8-6-20)21-14-18(3)13-19(4)15-21/h13-15,20H,1,5-12,16H2,2-4H3. The molecule has 0 unspecified atom stereocenters. The number of aryl methyl sites for hydroxylation is 2. The van der Waals surface area contributed by atoms with Crippen molar-refractivity contribution >= 4 is 5.69 Å². The van der Waals surface area contributed by atoms with Gasteiger partial charge in [0.25, 0.3) is 0 Å². The lowest BCUT2D eigenvalue weighted by atomic mass is 10.0. The van der Waals surface area contributed by atoms with Gasteiger partial charge in [0.2, 0.25) is 0 Å². The Balaban J connectivity index is 1.50. The minimum absolute atomic E-state index is 0.777. The third-order valence-corrected chi connectivity index (χ3v) is 5.45. The van der Waals surface area contributed by atoms with Crippen molar-refractivity contribution in [1.82, 2.24) is 9.80 Å². The molecule has 3 nitrogen and oxygen atoms in total. The molecular weight excluding hydrogens is 294 g/mol. The van der Waals surface area contributed by atoms with Crippen LogP contribution in [0.2, 0.25) is 0 Å². The van der Waals surface area contributed by atoms with E-state index in [1.807, 2.05) is 0 Å². The van der Waals surface area contributed by atoms with Crippen molar-refractivity contribution < 1.29 is 0 Å². The van der Waals surface area contributed by atoms with Gasteiger partial charge in [-0.3, -0.25) is 9.80 Å². The smallest absolute Gasteiger partial charge is 0.0371 e. The van der Waals surface area contributed by atoms with Crippen LogP contribution in [0.3, 0.4) is 0 Å². The van der Waals surface area contributed by atoms with Crippen LogP contribution in [-0.2, 0) is 0 Å². The second-order valence-corrected chi connectivity index (χ2v) is 7.83. The topological polar surface area (TPSA) is 9.72 Å². The van der Waals surface area contributed by atoms with E-state index in [0.717, 1.165) is 12.6 Å². The lowest BCUT2D eigenvalue weighted by Gasteiger charge is -2.43. The summed E-state index contributed by atoms with van der Waals surface area (Å²) in [7, 11) is 0. The molecule has 2 heterocycles. The largest absolute Gasteiger partial charge is 0.371 e. The molecule has 1 aromatic rings. The molecule has 0 amide bonds. The maximum absolute atomic E-state index is 4.05. The van der Waals surface area contributed by atoms with Crippen molar-refractivity contribution in [2.75, 3.05) is 50.7 Å². The zero-order valence-corrected chi connectivity index (χ0v) is 15.7. The predicted molar refractivity (Wildman–Crippen MR) is 104 cm³/mol. The molecule has 0 bridgehead atoms. The second-order valence-electron chi connectivity index (χ2n) is 7.83. The van der Waals surface area contributed by atoms with Crippen molar-refractivity contribution in [3.05, 3.63) is 41.5 Å². The molecule has 24 heavy (non-hydrogen) atoms. The molecule has 132 valence electrons. The fraction of sp³-hybridized carbons (Fsp3) is 0.619. The van der Waals surface area contributed by atoms with Gasteiger partial charge < -0.3 is 4.90 Å². The van der Waals surface area contributed by atoms with Gasteiger partial charge in [-0.05, 0) is 56.9 Å². The third kappa shape index (κ3) is 4.40. The SMILES string of the molecule is C=C(C)CN1CCN(C2CCN(c3cc(C)cc(C)c3)CC2)CC1. The van der Waals surface area contributed by atoms with Crippen molar-refractivity contribution in [2.24, 2.45) is 0 Å². The fourth-order valence-electron chi connectivity index (χ4n) is 4.29. The van der Waals surface area contributed by atoms with E-state index in [9.17, 15) is 0 Å². The Hall–Kier alpha value is -1.32. The van der Waals surface area contributed by atoms with Gasteiger partial charge in [-0.1, -0.05) is 18.2 Å². The molecule has 0 aromatic heterocycles. The van der Waals surface area contributed by atoms with E-state index in [4.69, 9.17) is 0 Å². The van der Waals surface area contributed by atoms with E-state index < -0.39 is 0 Å². The molecule has 0 aliphatic carbocycles. The molecule has 1 aromatic carbocycles. The van der Waals surface area contributed by atoms with Crippen LogP contribution in [-0.4, -0.2) is 61.7 Å². The van der Waals surface area contributed by atoms with Gasteiger partial charge in [0, 0.05) is 57.5 Å². The Morgan fingerprint density at radius 1 is 0.958 bits per heavy atom. The summed E-state index contributed by atoms with van der Waals surface area (Å²) in [5, 5.41) is 0. The highest BCUT2D eigenvalue weighted by Gasteiger charge is 2.27. The van der Waals surface area contributed by atoms with Crippen LogP contribution in [0.5, 0.6) is 0 Å². The quantitative estimate of drug-likeness (QED) is 0.784. The van der Waals surface area contributed by atoms with Gasteiger partial charge in [-0.2, -0.15) is 0 Å². The Kier molecular flexibility index (Phi) is 5.62. The van der Waals surface area contributed by atoms with Gasteiger partial charge in [-0.25, -0.2) is 0 Å². The number of piperazine rings is 1. The first kappa shape index (κ1) is 17.5. The maximum Gasteiger partial charge on any atom is 0.0371 e. The molecular formula is C21H33N3. The molecule has 0 radical (unpaired) electrons. The lowest BCUT2D eigenvalue weighted by Crippen LogP contribution is -2.53. The average molecular weight is 328 g/mol. The normalized spacial score (nSPS) is 21.2. The van der Waals surface area contributed by atoms with Crippen LogP contribution in [0.15, 0.2) is 30.4 Å². The van der Waals surface area contributed by atoms with Crippen molar-refractivity contribution in [1.29, 1.82) is 0 Å². The molecule has 0 spiro atoms. The van der Waals surface area contributed by atoms with Gasteiger partial charge in [-0.15, -0.1) is 0 Å². The van der Waals surface area contributed by atoms with Crippen molar-refractivity contribution in [3.8, 4) is 0 Å². The molecule has 3 rings (SSSR count). The second kappa shape index (κ2) is 7.71. The van der Waals surface area contributed by atoms with E-state index in [1.54, 1.807) is 0 Å². The lowest BCUT2D eigenvalue weighted by molar-refractivity contribution is 0.0898. The molecule has 0 atom stereocenters. The Labute approximate surface area is 147 Å². The van der Waals surface area contributed by atoms with Crippen LogP contribution in [0.4, 0.5) is 5.69 Å². The van der Waals surface area contributed by atoms with E-state index in [1.165, 1.54) is 74.5 Å². The summed E-state index contributed by atoms with van der Waals surface area (Å²) in [6.07, 6.45) is 2.60. The highest BCUT2D eigenvalue weighted by atomic mass is 15.3. The highest BCUT2D eigenvalue weighted by molar-refractivity contribution is 5.51. The Bertz CT molecular complexity index is 544. The number of hydrogen-bond acceptors (Lipinski definition) is 3. The van der Waals surface area contributed by atoms with Gasteiger partial charge in [0.05, 0.1) is 0 Å². The number of rotatable bonds is 4. The molecule has 2 aliphatic rings. The first-order valence-corrected chi connectivity index (χ1v) is 9.45. The number of benzene rings is 1. The molecule has 3 heteroatoms. The van der Waals surface area contributed by atoms with Gasteiger partial charge in [0.15, 0.2) is 0 Å². The van der Waals surface area contributed by atoms with E-state index in [-0.39, 0.29) is 0 Å². The first-order valence-electron chi connectivity index (χ1n) is 9.45. The van der Waals surface area contributed by atoms with E-state index in [0.29, 0.717) is 0 Å². The summed E-state index contributed by atoms with van der Waals surface area (Å²) in [6.45, 7) is 18.9. The summed E-state index contributed by atoms with van der Waals surface area (Å²) in [4.78, 5) is 7.85. The minimum atomic E-state index is 0.777. The van der Waals surface area contributed by atoms with Gasteiger partial charge >= 0.3 is 0 Å². The number of hydrogen-bond donors (Lipinski definition) is 0. The fourth-order valence-corrected chi connectivity index (χ4v) is 4.29. The van der Waals surface area contributed by atoms with Crippen molar-refractivity contribution in [2.45, 2.75) is 39.7 Å². The number of piperidine rings is 1. The maximum atomic E-state index is 4.05. The van der Waals surface area contributed by atoms with E-state index in [2.05, 4.69) is 60.2 Å². The molecule has 2 aliphatic heterocycles. The summed E-state index contributed by atoms with van der Waals surface area (Å²) in [6, 6.07) is 7.72. The Morgan fingerprint density at radius 3 is 2.08 bits per heavy atom. The molecule has 0 saturated carbocycles. The highest BCUT2D eigenvalue weighted by Crippen LogP contribution is 2.25. The average Bonchev–Trinajstić information content (AvgIpc) is 2.54. The first-order chi connectivity index (χ1) is 11.5. The molecule has 2 fully saturated rings. The third-order valence-electron chi connectivity index (χ3n) is 5.45. The van der Waals surface area contributed by atoms with E-state index >= 15 is 0 Å². The monoisotopic (exact) mass is 327 g/mol. The minimum Gasteiger partial charge on any atom is -0.371 e. The van der Waals surface area contributed by atoms with Crippen LogP contribution in [0.1, 0.15) is 30.9 Å². The molecule has 2 saturated heterocycles. The summed E-state index contributed by atoms with van der Waals surface area (Å²) >= 11 is 0. The van der Waals surface area contributed by atoms with Crippen molar-refractivity contribution in [3.63, 3.8) is 0 Å².